The Morgan fingerprint density at radius 3 is 2.62 bits per heavy atom. The minimum absolute atomic E-state index is 0.00362. The first-order chi connectivity index (χ1) is 15.6. The van der Waals surface area contributed by atoms with E-state index in [2.05, 4.69) is 10.3 Å². The monoisotopic (exact) mass is 444 g/mol. The first kappa shape index (κ1) is 20.0. The van der Waals surface area contributed by atoms with Crippen molar-refractivity contribution in [2.75, 3.05) is 11.1 Å². The molecule has 0 bridgehead atoms. The Bertz CT molecular complexity index is 1510. The average Bonchev–Trinajstić information content (AvgIpc) is 3.17. The first-order valence-electron chi connectivity index (χ1n) is 9.87. The van der Waals surface area contributed by atoms with Crippen LogP contribution in [0.4, 0.5) is 10.1 Å². The Morgan fingerprint density at radius 2 is 1.81 bits per heavy atom. The van der Waals surface area contributed by atoms with E-state index in [9.17, 15) is 14.0 Å². The molecule has 5 rings (SSSR count). The van der Waals surface area contributed by atoms with Crippen molar-refractivity contribution in [3.63, 3.8) is 0 Å². The third-order valence-corrected chi connectivity index (χ3v) is 5.89. The van der Waals surface area contributed by atoms with E-state index in [1.807, 2.05) is 54.6 Å². The molecular weight excluding hydrogens is 427 g/mol. The molecule has 0 aliphatic heterocycles. The Morgan fingerprint density at radius 1 is 1.03 bits per heavy atom. The maximum absolute atomic E-state index is 13.4. The molecule has 6 nitrogen and oxygen atoms in total. The Balaban J connectivity index is 1.55. The summed E-state index contributed by atoms with van der Waals surface area (Å²) in [6.45, 7) is 0. The van der Waals surface area contributed by atoms with Crippen molar-refractivity contribution >= 4 is 45.3 Å². The number of halogens is 1. The lowest BCUT2D eigenvalue weighted by atomic mass is 10.2. The summed E-state index contributed by atoms with van der Waals surface area (Å²) >= 11 is 1.15. The van der Waals surface area contributed by atoms with E-state index in [4.69, 9.17) is 4.98 Å². The number of nitrogens with zero attached hydrogens (tertiary/aromatic N) is 2. The summed E-state index contributed by atoms with van der Waals surface area (Å²) < 4.78 is 14.9. The number of hydrogen-bond acceptors (Lipinski definition) is 4. The van der Waals surface area contributed by atoms with Gasteiger partial charge < -0.3 is 10.3 Å². The van der Waals surface area contributed by atoms with E-state index in [1.54, 1.807) is 6.07 Å². The second-order valence-electron chi connectivity index (χ2n) is 7.11. The molecule has 2 heterocycles. The van der Waals surface area contributed by atoms with Crippen LogP contribution in [0.25, 0.3) is 27.6 Å². The van der Waals surface area contributed by atoms with E-state index < -0.39 is 5.82 Å². The smallest absolute Gasteiger partial charge is 0.283 e. The first-order valence-corrected chi connectivity index (χ1v) is 10.9. The average molecular weight is 444 g/mol. The van der Waals surface area contributed by atoms with Crippen LogP contribution < -0.4 is 10.9 Å². The van der Waals surface area contributed by atoms with Gasteiger partial charge in [0.1, 0.15) is 16.9 Å². The predicted molar refractivity (Wildman–Crippen MR) is 125 cm³/mol. The summed E-state index contributed by atoms with van der Waals surface area (Å²) in [6.07, 6.45) is 0. The van der Waals surface area contributed by atoms with Gasteiger partial charge >= 0.3 is 0 Å². The number of aromatic nitrogens is 3. The van der Waals surface area contributed by atoms with Gasteiger partial charge in [0.2, 0.25) is 5.91 Å². The molecule has 0 saturated carbocycles. The minimum atomic E-state index is -0.431. The molecule has 5 aromatic rings. The van der Waals surface area contributed by atoms with Crippen LogP contribution in [-0.4, -0.2) is 26.2 Å². The molecule has 0 unspecified atom stereocenters. The normalized spacial score (nSPS) is 11.2. The van der Waals surface area contributed by atoms with Crippen LogP contribution in [0.3, 0.4) is 0 Å². The molecule has 32 heavy (non-hydrogen) atoms. The summed E-state index contributed by atoms with van der Waals surface area (Å²) in [5.41, 5.74) is 2.56. The van der Waals surface area contributed by atoms with Crippen molar-refractivity contribution in [3.8, 4) is 5.69 Å². The van der Waals surface area contributed by atoms with Gasteiger partial charge in [0, 0.05) is 16.6 Å². The lowest BCUT2D eigenvalue weighted by molar-refractivity contribution is -0.113. The number of carbonyl (C=O) groups excluding carboxylic acids is 1. The van der Waals surface area contributed by atoms with Gasteiger partial charge in [0.25, 0.3) is 5.56 Å². The highest BCUT2D eigenvalue weighted by molar-refractivity contribution is 7.99. The van der Waals surface area contributed by atoms with Crippen LogP contribution in [0.15, 0.2) is 88.8 Å². The van der Waals surface area contributed by atoms with E-state index in [-0.39, 0.29) is 17.2 Å². The van der Waals surface area contributed by atoms with Gasteiger partial charge in [-0.15, -0.1) is 0 Å². The molecule has 3 aromatic carbocycles. The van der Waals surface area contributed by atoms with Crippen molar-refractivity contribution in [2.45, 2.75) is 5.16 Å². The molecule has 0 atom stereocenters. The second-order valence-corrected chi connectivity index (χ2v) is 8.05. The molecule has 0 aliphatic rings. The number of nitrogens with one attached hydrogen (secondary N) is 2. The summed E-state index contributed by atoms with van der Waals surface area (Å²) in [4.78, 5) is 33.8. The Hall–Kier alpha value is -3.91. The maximum Gasteiger partial charge on any atom is 0.283 e. The topological polar surface area (TPSA) is 79.8 Å². The standard InChI is InChI=1S/C24H17FN4O2S/c25-15-7-6-8-16(13-15)26-20(30)14-32-24-28-21-18-11-4-5-12-19(18)27-22(21)23(31)29(24)17-9-2-1-3-10-17/h1-13,27H,14H2,(H,26,30). The molecule has 0 radical (unpaired) electrons. The Kier molecular flexibility index (Phi) is 5.20. The van der Waals surface area contributed by atoms with E-state index in [1.165, 1.54) is 22.8 Å². The van der Waals surface area contributed by atoms with Crippen molar-refractivity contribution in [3.05, 3.63) is 95.0 Å². The number of thioether (sulfide) groups is 1. The van der Waals surface area contributed by atoms with Gasteiger partial charge in [-0.3, -0.25) is 14.2 Å². The fourth-order valence-electron chi connectivity index (χ4n) is 3.54. The van der Waals surface area contributed by atoms with Gasteiger partial charge in [-0.05, 0) is 36.4 Å². The zero-order valence-electron chi connectivity index (χ0n) is 16.7. The zero-order chi connectivity index (χ0) is 22.1. The third-order valence-electron chi connectivity index (χ3n) is 4.95. The number of fused-ring (bicyclic) bond motifs is 3. The highest BCUT2D eigenvalue weighted by atomic mass is 32.2. The van der Waals surface area contributed by atoms with E-state index in [0.717, 1.165) is 22.7 Å². The minimum Gasteiger partial charge on any atom is -0.349 e. The highest BCUT2D eigenvalue weighted by Crippen LogP contribution is 2.26. The zero-order valence-corrected chi connectivity index (χ0v) is 17.5. The van der Waals surface area contributed by atoms with Crippen LogP contribution >= 0.6 is 11.8 Å². The lowest BCUT2D eigenvalue weighted by Gasteiger charge is -2.12. The van der Waals surface area contributed by atoms with E-state index in [0.29, 0.717) is 27.6 Å². The summed E-state index contributed by atoms with van der Waals surface area (Å²) in [5, 5.41) is 3.90. The Labute approximate surface area is 186 Å². The van der Waals surface area contributed by atoms with Gasteiger partial charge in [0.15, 0.2) is 5.16 Å². The summed E-state index contributed by atoms with van der Waals surface area (Å²) in [6, 6.07) is 22.4. The maximum atomic E-state index is 13.4. The van der Waals surface area contributed by atoms with Gasteiger partial charge in [-0.25, -0.2) is 9.37 Å². The number of carbonyl (C=O) groups is 1. The number of hydrogen-bond donors (Lipinski definition) is 2. The molecule has 0 spiro atoms. The number of anilines is 1. The summed E-state index contributed by atoms with van der Waals surface area (Å²) in [5.74, 6) is -0.753. The highest BCUT2D eigenvalue weighted by Gasteiger charge is 2.18. The molecule has 8 heteroatoms. The molecule has 0 fully saturated rings. The van der Waals surface area contributed by atoms with Crippen molar-refractivity contribution < 1.29 is 9.18 Å². The van der Waals surface area contributed by atoms with Gasteiger partial charge in [-0.2, -0.15) is 0 Å². The number of rotatable bonds is 5. The van der Waals surface area contributed by atoms with Crippen molar-refractivity contribution in [1.82, 2.24) is 14.5 Å². The summed E-state index contributed by atoms with van der Waals surface area (Å²) in [7, 11) is 0. The molecule has 158 valence electrons. The van der Waals surface area contributed by atoms with Crippen LogP contribution in [-0.2, 0) is 4.79 Å². The van der Waals surface area contributed by atoms with Crippen LogP contribution in [0, 0.1) is 5.82 Å². The number of benzene rings is 3. The van der Waals surface area contributed by atoms with E-state index >= 15 is 0 Å². The number of para-hydroxylation sites is 2. The van der Waals surface area contributed by atoms with Crippen LogP contribution in [0.2, 0.25) is 0 Å². The van der Waals surface area contributed by atoms with Crippen LogP contribution in [0.1, 0.15) is 0 Å². The molecule has 2 N–H and O–H groups in total. The molecular formula is C24H17FN4O2S. The third kappa shape index (κ3) is 3.76. The van der Waals surface area contributed by atoms with Gasteiger partial charge in [0.05, 0.1) is 11.4 Å². The quantitative estimate of drug-likeness (QED) is 0.303. The van der Waals surface area contributed by atoms with Crippen molar-refractivity contribution in [2.24, 2.45) is 0 Å². The second kappa shape index (κ2) is 8.32. The fraction of sp³-hybridized carbons (Fsp3) is 0.0417. The molecule has 2 aromatic heterocycles. The number of H-pyrrole nitrogens is 1. The largest absolute Gasteiger partial charge is 0.349 e. The van der Waals surface area contributed by atoms with Gasteiger partial charge in [-0.1, -0.05) is 54.2 Å². The lowest BCUT2D eigenvalue weighted by Crippen LogP contribution is -2.23. The van der Waals surface area contributed by atoms with Crippen molar-refractivity contribution in [1.29, 1.82) is 0 Å². The molecule has 0 aliphatic carbocycles. The fourth-order valence-corrected chi connectivity index (χ4v) is 4.34. The number of amides is 1. The molecule has 0 saturated heterocycles. The number of aromatic amines is 1. The predicted octanol–water partition coefficient (Wildman–Crippen LogP) is 4.74. The van der Waals surface area contributed by atoms with Crippen LogP contribution in [0.5, 0.6) is 0 Å². The SMILES string of the molecule is O=C(CSc1nc2c([nH]c3ccccc32)c(=O)n1-c1ccccc1)Nc1cccc(F)c1. The molecule has 1 amide bonds.